The Morgan fingerprint density at radius 1 is 0.350 bits per heavy atom. The van der Waals surface area contributed by atoms with Crippen LogP contribution in [0.3, 0.4) is 0 Å². The van der Waals surface area contributed by atoms with Gasteiger partial charge in [-0.2, -0.15) is 0 Å². The molecule has 1 spiro atoms. The van der Waals surface area contributed by atoms with E-state index in [9.17, 15) is 0 Å². The summed E-state index contributed by atoms with van der Waals surface area (Å²) in [6, 6.07) is 71.9. The lowest BCUT2D eigenvalue weighted by atomic mass is 9.65. The minimum absolute atomic E-state index is 0.360. The van der Waals surface area contributed by atoms with Crippen molar-refractivity contribution in [1.29, 1.82) is 0 Å². The molecule has 12 rings (SSSR count). The van der Waals surface area contributed by atoms with Gasteiger partial charge in [0.2, 0.25) is 0 Å². The fourth-order valence-electron chi connectivity index (χ4n) is 9.37. The molecule has 0 radical (unpaired) electrons. The summed E-state index contributed by atoms with van der Waals surface area (Å²) >= 11 is 3.71. The highest BCUT2D eigenvalue weighted by molar-refractivity contribution is 7.21. The highest BCUT2D eigenvalue weighted by atomic mass is 32.1. The van der Waals surface area contributed by atoms with Gasteiger partial charge in [-0.3, -0.25) is 0 Å². The lowest BCUT2D eigenvalue weighted by molar-refractivity contribution is 0.756. The van der Waals surface area contributed by atoms with Gasteiger partial charge >= 0.3 is 0 Å². The van der Waals surface area contributed by atoms with E-state index in [4.69, 9.17) is 9.97 Å². The Labute approximate surface area is 357 Å². The molecule has 3 nitrogen and oxygen atoms in total. The van der Waals surface area contributed by atoms with Crippen LogP contribution in [0.25, 0.3) is 65.9 Å². The van der Waals surface area contributed by atoms with Crippen LogP contribution >= 0.6 is 22.7 Å². The molecule has 0 unspecified atom stereocenters. The van der Waals surface area contributed by atoms with E-state index in [-0.39, 0.29) is 5.41 Å². The molecule has 0 saturated heterocycles. The molecule has 0 bridgehead atoms. The normalized spacial score (nSPS) is 13.1. The molecular formula is C55H35N3S2. The SMILES string of the molecule is c1ccc(-c2ccc(-c3cc(-c4ccc(N5c6ccccc6C6(c7ccccc75)c5ccsc5-c5sccc56)cc4)nc(-c4ccc(-c5ccccc5)cc4)n3)cc2)cc1. The van der Waals surface area contributed by atoms with Crippen LogP contribution in [0.1, 0.15) is 22.3 Å². The first-order valence-corrected chi connectivity index (χ1v) is 22.0. The molecule has 60 heavy (non-hydrogen) atoms. The molecule has 2 aliphatic rings. The van der Waals surface area contributed by atoms with Gasteiger partial charge in [0, 0.05) is 32.1 Å². The minimum atomic E-state index is -0.360. The Bertz CT molecular complexity index is 2990. The number of nitrogens with zero attached hydrogens (tertiary/aromatic N) is 3. The summed E-state index contributed by atoms with van der Waals surface area (Å²) in [5.74, 6) is 0.694. The first-order chi connectivity index (χ1) is 29.7. The number of hydrogen-bond acceptors (Lipinski definition) is 5. The van der Waals surface area contributed by atoms with Crippen molar-refractivity contribution in [2.75, 3.05) is 4.90 Å². The zero-order valence-electron chi connectivity index (χ0n) is 32.4. The van der Waals surface area contributed by atoms with E-state index in [1.807, 2.05) is 28.7 Å². The van der Waals surface area contributed by atoms with Gasteiger partial charge < -0.3 is 4.90 Å². The second-order valence-electron chi connectivity index (χ2n) is 15.3. The van der Waals surface area contributed by atoms with Gasteiger partial charge in [0.05, 0.1) is 28.2 Å². The third-order valence-corrected chi connectivity index (χ3v) is 14.1. The van der Waals surface area contributed by atoms with Crippen molar-refractivity contribution in [3.8, 4) is 65.9 Å². The number of benzene rings is 7. The third-order valence-electron chi connectivity index (χ3n) is 12.1. The van der Waals surface area contributed by atoms with Crippen molar-refractivity contribution in [3.63, 3.8) is 0 Å². The maximum Gasteiger partial charge on any atom is 0.160 e. The van der Waals surface area contributed by atoms with Gasteiger partial charge in [0.1, 0.15) is 0 Å². The van der Waals surface area contributed by atoms with Gasteiger partial charge in [-0.25, -0.2) is 9.97 Å². The Morgan fingerprint density at radius 3 is 1.25 bits per heavy atom. The van der Waals surface area contributed by atoms with E-state index in [0.29, 0.717) is 5.82 Å². The number of anilines is 3. The van der Waals surface area contributed by atoms with Crippen LogP contribution in [-0.4, -0.2) is 9.97 Å². The largest absolute Gasteiger partial charge is 0.310 e. The highest BCUT2D eigenvalue weighted by Crippen LogP contribution is 2.65. The molecular weight excluding hydrogens is 767 g/mol. The van der Waals surface area contributed by atoms with Gasteiger partial charge in [-0.1, -0.05) is 158 Å². The Kier molecular flexibility index (Phi) is 8.12. The summed E-state index contributed by atoms with van der Waals surface area (Å²) < 4.78 is 0. The number of rotatable bonds is 6. The van der Waals surface area contributed by atoms with Crippen LogP contribution in [0.2, 0.25) is 0 Å². The van der Waals surface area contributed by atoms with Crippen LogP contribution in [0.4, 0.5) is 17.1 Å². The van der Waals surface area contributed by atoms with E-state index in [2.05, 4.69) is 210 Å². The molecule has 1 aliphatic carbocycles. The number of para-hydroxylation sites is 2. The van der Waals surface area contributed by atoms with Crippen LogP contribution in [-0.2, 0) is 5.41 Å². The Balaban J connectivity index is 0.960. The maximum atomic E-state index is 5.24. The topological polar surface area (TPSA) is 29.0 Å². The highest BCUT2D eigenvalue weighted by Gasteiger charge is 2.52. The van der Waals surface area contributed by atoms with E-state index < -0.39 is 0 Å². The Morgan fingerprint density at radius 2 is 0.750 bits per heavy atom. The number of fused-ring (bicyclic) bond motifs is 9. The van der Waals surface area contributed by atoms with Crippen molar-refractivity contribution in [2.45, 2.75) is 5.41 Å². The van der Waals surface area contributed by atoms with Crippen molar-refractivity contribution in [2.24, 2.45) is 0 Å². The summed E-state index contributed by atoms with van der Waals surface area (Å²) in [4.78, 5) is 15.7. The second kappa shape index (κ2) is 14.0. The predicted octanol–water partition coefficient (Wildman–Crippen LogP) is 15.1. The molecule has 0 amide bonds. The van der Waals surface area contributed by atoms with Gasteiger partial charge in [-0.15, -0.1) is 22.7 Å². The van der Waals surface area contributed by atoms with E-state index in [0.717, 1.165) is 39.3 Å². The van der Waals surface area contributed by atoms with E-state index in [1.54, 1.807) is 0 Å². The third kappa shape index (κ3) is 5.40. The fourth-order valence-corrected chi connectivity index (χ4v) is 11.5. The summed E-state index contributed by atoms with van der Waals surface area (Å²) in [6.45, 7) is 0. The van der Waals surface area contributed by atoms with Crippen molar-refractivity contribution in [1.82, 2.24) is 9.97 Å². The standard InChI is InChI=1S/C55H35N3S2/c1-3-11-36(12-4-1)38-19-23-40(24-20-38)48-35-49(57-54(56-48)42-25-21-39(22-26-42)37-13-5-2-6-14-37)41-27-29-43(30-28-41)58-50-17-9-7-15-44(50)55(45-16-8-10-18-51(45)58)46-31-33-59-52(46)53-47(55)32-34-60-53/h1-35H. The lowest BCUT2D eigenvalue weighted by Crippen LogP contribution is -2.35. The van der Waals surface area contributed by atoms with Crippen molar-refractivity contribution >= 4 is 39.7 Å². The molecule has 1 aliphatic heterocycles. The zero-order chi connectivity index (χ0) is 39.6. The average molecular weight is 802 g/mol. The van der Waals surface area contributed by atoms with E-state index >= 15 is 0 Å². The van der Waals surface area contributed by atoms with Crippen LogP contribution in [0.5, 0.6) is 0 Å². The van der Waals surface area contributed by atoms with Crippen molar-refractivity contribution < 1.29 is 0 Å². The Hall–Kier alpha value is -7.18. The van der Waals surface area contributed by atoms with Crippen LogP contribution in [0, 0.1) is 0 Å². The molecule has 0 N–H and O–H groups in total. The number of hydrogen-bond donors (Lipinski definition) is 0. The van der Waals surface area contributed by atoms with E-state index in [1.165, 1.54) is 60.1 Å². The van der Waals surface area contributed by atoms with Crippen LogP contribution in [0.15, 0.2) is 211 Å². The molecule has 0 fully saturated rings. The monoisotopic (exact) mass is 801 g/mol. The lowest BCUT2D eigenvalue weighted by Gasteiger charge is -2.44. The zero-order valence-corrected chi connectivity index (χ0v) is 34.0. The predicted molar refractivity (Wildman–Crippen MR) is 251 cm³/mol. The first kappa shape index (κ1) is 34.8. The summed E-state index contributed by atoms with van der Waals surface area (Å²) in [5.41, 5.74) is 18.1. The molecule has 0 saturated carbocycles. The number of thiophene rings is 2. The molecule has 0 atom stereocenters. The molecule has 282 valence electrons. The summed E-state index contributed by atoms with van der Waals surface area (Å²) in [7, 11) is 0. The molecule has 3 aromatic heterocycles. The van der Waals surface area contributed by atoms with Crippen LogP contribution < -0.4 is 4.90 Å². The molecule has 4 heterocycles. The quantitative estimate of drug-likeness (QED) is 0.168. The summed E-state index contributed by atoms with van der Waals surface area (Å²) in [5, 5.41) is 4.52. The number of aromatic nitrogens is 2. The summed E-state index contributed by atoms with van der Waals surface area (Å²) in [6.07, 6.45) is 0. The van der Waals surface area contributed by atoms with Crippen molar-refractivity contribution in [3.05, 3.63) is 233 Å². The smallest absolute Gasteiger partial charge is 0.160 e. The van der Waals surface area contributed by atoms with Gasteiger partial charge in [0.15, 0.2) is 5.82 Å². The second-order valence-corrected chi connectivity index (χ2v) is 17.2. The molecule has 7 aromatic carbocycles. The maximum absolute atomic E-state index is 5.24. The van der Waals surface area contributed by atoms with Gasteiger partial charge in [0.25, 0.3) is 0 Å². The first-order valence-electron chi connectivity index (χ1n) is 20.2. The molecule has 5 heteroatoms. The average Bonchev–Trinajstić information content (AvgIpc) is 4.07. The van der Waals surface area contributed by atoms with Gasteiger partial charge in [-0.05, 0) is 97.7 Å². The fraction of sp³-hybridized carbons (Fsp3) is 0.0182. The minimum Gasteiger partial charge on any atom is -0.310 e. The molecule has 10 aromatic rings.